The van der Waals surface area contributed by atoms with E-state index in [9.17, 15) is 4.79 Å². The summed E-state index contributed by atoms with van der Waals surface area (Å²) in [6, 6.07) is 3.69. The van der Waals surface area contributed by atoms with E-state index in [2.05, 4.69) is 15.9 Å². The normalized spacial score (nSPS) is 15.6. The van der Waals surface area contributed by atoms with E-state index in [4.69, 9.17) is 5.73 Å². The quantitative estimate of drug-likeness (QED) is 0.708. The van der Waals surface area contributed by atoms with E-state index in [0.717, 1.165) is 28.4 Å². The van der Waals surface area contributed by atoms with Gasteiger partial charge in [0.1, 0.15) is 0 Å². The van der Waals surface area contributed by atoms with Gasteiger partial charge < -0.3 is 5.73 Å². The van der Waals surface area contributed by atoms with E-state index >= 15 is 0 Å². The summed E-state index contributed by atoms with van der Waals surface area (Å²) >= 11 is 3.44. The Kier molecular flexibility index (Phi) is 2.12. The molecule has 0 aromatic heterocycles. The smallest absolute Gasteiger partial charge is 0.165 e. The van der Waals surface area contributed by atoms with Gasteiger partial charge >= 0.3 is 0 Å². The van der Waals surface area contributed by atoms with Crippen LogP contribution >= 0.6 is 15.9 Å². The van der Waals surface area contributed by atoms with Crippen LogP contribution in [0, 0.1) is 0 Å². The average Bonchev–Trinajstić information content (AvgIpc) is 2.12. The van der Waals surface area contributed by atoms with Gasteiger partial charge in [-0.1, -0.05) is 15.9 Å². The largest absolute Gasteiger partial charge is 0.398 e. The molecule has 2 N–H and O–H groups in total. The van der Waals surface area contributed by atoms with Crippen LogP contribution in [0.25, 0.3) is 0 Å². The van der Waals surface area contributed by atoms with E-state index < -0.39 is 0 Å². The van der Waals surface area contributed by atoms with E-state index in [-0.39, 0.29) is 5.78 Å². The zero-order valence-corrected chi connectivity index (χ0v) is 8.73. The Morgan fingerprint density at radius 3 is 2.77 bits per heavy atom. The van der Waals surface area contributed by atoms with Crippen LogP contribution in [0.15, 0.2) is 16.6 Å². The topological polar surface area (TPSA) is 43.1 Å². The molecule has 0 aliphatic heterocycles. The number of nitrogen functional groups attached to an aromatic ring is 1. The van der Waals surface area contributed by atoms with Crippen molar-refractivity contribution in [2.24, 2.45) is 0 Å². The molecule has 1 aromatic carbocycles. The number of anilines is 1. The number of halogens is 1. The highest BCUT2D eigenvalue weighted by atomic mass is 79.9. The lowest BCUT2D eigenvalue weighted by atomic mass is 9.89. The van der Waals surface area contributed by atoms with Gasteiger partial charge in [0.05, 0.1) is 0 Å². The van der Waals surface area contributed by atoms with Crippen LogP contribution in [0.2, 0.25) is 0 Å². The standard InChI is InChI=1S/C10H10BrNO/c11-7-4-5-8(12)10-6(7)2-1-3-9(10)13/h4-5H,1-3,12H2. The van der Waals surface area contributed by atoms with Crippen LogP contribution in [0.1, 0.15) is 28.8 Å². The summed E-state index contributed by atoms with van der Waals surface area (Å²) in [5, 5.41) is 0. The van der Waals surface area contributed by atoms with Gasteiger partial charge in [-0.2, -0.15) is 0 Å². The fourth-order valence-corrected chi connectivity index (χ4v) is 2.29. The third-order valence-corrected chi connectivity index (χ3v) is 3.14. The van der Waals surface area contributed by atoms with Gasteiger partial charge in [0.2, 0.25) is 0 Å². The van der Waals surface area contributed by atoms with Gasteiger partial charge in [-0.15, -0.1) is 0 Å². The molecular weight excluding hydrogens is 230 g/mol. The lowest BCUT2D eigenvalue weighted by Crippen LogP contribution is -2.13. The second kappa shape index (κ2) is 3.14. The molecule has 13 heavy (non-hydrogen) atoms. The van der Waals surface area contributed by atoms with Crippen molar-refractivity contribution in [3.05, 3.63) is 27.7 Å². The van der Waals surface area contributed by atoms with Crippen LogP contribution in [-0.4, -0.2) is 5.78 Å². The van der Waals surface area contributed by atoms with Crippen molar-refractivity contribution in [1.29, 1.82) is 0 Å². The number of fused-ring (bicyclic) bond motifs is 1. The lowest BCUT2D eigenvalue weighted by molar-refractivity contribution is 0.0973. The summed E-state index contributed by atoms with van der Waals surface area (Å²) in [4.78, 5) is 11.6. The molecule has 3 heteroatoms. The third-order valence-electron chi connectivity index (χ3n) is 2.40. The van der Waals surface area contributed by atoms with E-state index in [1.807, 2.05) is 6.07 Å². The van der Waals surface area contributed by atoms with Crippen molar-refractivity contribution < 1.29 is 4.79 Å². The Morgan fingerprint density at radius 2 is 2.08 bits per heavy atom. The molecule has 0 unspecified atom stereocenters. The van der Waals surface area contributed by atoms with Crippen molar-refractivity contribution in [2.75, 3.05) is 5.73 Å². The summed E-state index contributed by atoms with van der Waals surface area (Å²) in [7, 11) is 0. The number of carbonyl (C=O) groups is 1. The van der Waals surface area contributed by atoms with Gasteiger partial charge in [-0.05, 0) is 30.5 Å². The Morgan fingerprint density at radius 1 is 1.31 bits per heavy atom. The minimum absolute atomic E-state index is 0.181. The van der Waals surface area contributed by atoms with Gasteiger partial charge in [0.25, 0.3) is 0 Å². The second-order valence-electron chi connectivity index (χ2n) is 3.27. The first-order valence-electron chi connectivity index (χ1n) is 4.30. The maximum absolute atomic E-state index is 11.6. The van der Waals surface area contributed by atoms with Crippen molar-refractivity contribution >= 4 is 27.4 Å². The van der Waals surface area contributed by atoms with Gasteiger partial charge in [-0.25, -0.2) is 0 Å². The molecule has 2 rings (SSSR count). The number of hydrogen-bond donors (Lipinski definition) is 1. The highest BCUT2D eigenvalue weighted by Gasteiger charge is 2.21. The van der Waals surface area contributed by atoms with Gasteiger partial charge in [0.15, 0.2) is 5.78 Å². The van der Waals surface area contributed by atoms with Crippen LogP contribution in [0.3, 0.4) is 0 Å². The number of ketones is 1. The average molecular weight is 240 g/mol. The molecule has 0 saturated carbocycles. The number of Topliss-reactive ketones (excluding diaryl/α,β-unsaturated/α-hetero) is 1. The fourth-order valence-electron chi connectivity index (χ4n) is 1.76. The minimum atomic E-state index is 0.181. The Balaban J connectivity index is 2.67. The van der Waals surface area contributed by atoms with Crippen molar-refractivity contribution in [2.45, 2.75) is 19.3 Å². The van der Waals surface area contributed by atoms with Crippen LogP contribution in [0.5, 0.6) is 0 Å². The molecular formula is C10H10BrNO. The van der Waals surface area contributed by atoms with Crippen LogP contribution in [0.4, 0.5) is 5.69 Å². The SMILES string of the molecule is Nc1ccc(Br)c2c1C(=O)CCC2. The second-order valence-corrected chi connectivity index (χ2v) is 4.12. The summed E-state index contributed by atoms with van der Waals surface area (Å²) in [5.41, 5.74) is 8.19. The molecule has 1 aliphatic carbocycles. The molecule has 0 heterocycles. The van der Waals surface area contributed by atoms with Crippen molar-refractivity contribution in [3.8, 4) is 0 Å². The van der Waals surface area contributed by atoms with Gasteiger partial charge in [0, 0.05) is 22.1 Å². The van der Waals surface area contributed by atoms with Crippen molar-refractivity contribution in [3.63, 3.8) is 0 Å². The van der Waals surface area contributed by atoms with Crippen LogP contribution in [-0.2, 0) is 6.42 Å². The van der Waals surface area contributed by atoms with Crippen LogP contribution < -0.4 is 5.73 Å². The summed E-state index contributed by atoms with van der Waals surface area (Å²) in [6.45, 7) is 0. The number of benzene rings is 1. The molecule has 0 saturated heterocycles. The molecule has 0 amide bonds. The zero-order chi connectivity index (χ0) is 9.42. The molecule has 0 fully saturated rings. The summed E-state index contributed by atoms with van der Waals surface area (Å²) in [5.74, 6) is 0.181. The predicted molar refractivity (Wildman–Crippen MR) is 55.8 cm³/mol. The minimum Gasteiger partial charge on any atom is -0.398 e. The number of nitrogens with two attached hydrogens (primary N) is 1. The molecule has 2 nitrogen and oxygen atoms in total. The fraction of sp³-hybridized carbons (Fsp3) is 0.300. The first-order valence-corrected chi connectivity index (χ1v) is 5.09. The predicted octanol–water partition coefficient (Wildman–Crippen LogP) is 2.55. The molecule has 0 bridgehead atoms. The highest BCUT2D eigenvalue weighted by Crippen LogP contribution is 2.31. The van der Waals surface area contributed by atoms with E-state index in [1.165, 1.54) is 0 Å². The van der Waals surface area contributed by atoms with E-state index in [1.54, 1.807) is 6.07 Å². The summed E-state index contributed by atoms with van der Waals surface area (Å²) in [6.07, 6.45) is 2.52. The molecule has 68 valence electrons. The maximum Gasteiger partial charge on any atom is 0.165 e. The van der Waals surface area contributed by atoms with Gasteiger partial charge in [-0.3, -0.25) is 4.79 Å². The number of rotatable bonds is 0. The molecule has 0 atom stereocenters. The lowest BCUT2D eigenvalue weighted by Gasteiger charge is -2.17. The number of carbonyl (C=O) groups excluding carboxylic acids is 1. The monoisotopic (exact) mass is 239 g/mol. The zero-order valence-electron chi connectivity index (χ0n) is 7.14. The molecule has 1 aliphatic rings. The molecule has 1 aromatic rings. The highest BCUT2D eigenvalue weighted by molar-refractivity contribution is 9.10. The molecule has 0 radical (unpaired) electrons. The first kappa shape index (κ1) is 8.75. The first-order chi connectivity index (χ1) is 6.20. The van der Waals surface area contributed by atoms with Crippen molar-refractivity contribution in [1.82, 2.24) is 0 Å². The Bertz CT molecular complexity index is 373. The Hall–Kier alpha value is -0.830. The number of hydrogen-bond acceptors (Lipinski definition) is 2. The maximum atomic E-state index is 11.6. The van der Waals surface area contributed by atoms with E-state index in [0.29, 0.717) is 12.1 Å². The third kappa shape index (κ3) is 1.37. The Labute approximate surface area is 85.3 Å². The molecule has 0 spiro atoms. The summed E-state index contributed by atoms with van der Waals surface area (Å²) < 4.78 is 1.00.